The zero-order valence-corrected chi connectivity index (χ0v) is 11.0. The van der Waals surface area contributed by atoms with E-state index in [9.17, 15) is 9.59 Å². The van der Waals surface area contributed by atoms with Gasteiger partial charge in [0.15, 0.2) is 0 Å². The lowest BCUT2D eigenvalue weighted by molar-refractivity contribution is -0.151. The molecule has 2 heterocycles. The molecular formula is C13H22N2O3. The largest absolute Gasteiger partial charge is 0.467 e. The van der Waals surface area contributed by atoms with Crippen molar-refractivity contribution in [1.82, 2.24) is 10.2 Å². The average molecular weight is 254 g/mol. The summed E-state index contributed by atoms with van der Waals surface area (Å²) in [5, 5.41) is 3.29. The summed E-state index contributed by atoms with van der Waals surface area (Å²) >= 11 is 0. The van der Waals surface area contributed by atoms with Crippen LogP contribution in [0.2, 0.25) is 0 Å². The first-order valence-electron chi connectivity index (χ1n) is 6.80. The molecular weight excluding hydrogens is 232 g/mol. The van der Waals surface area contributed by atoms with Gasteiger partial charge in [0, 0.05) is 13.0 Å². The third kappa shape index (κ3) is 3.02. The Balaban J connectivity index is 1.89. The third-order valence-corrected chi connectivity index (χ3v) is 3.97. The number of nitrogens with one attached hydrogen (secondary N) is 1. The predicted molar refractivity (Wildman–Crippen MR) is 67.0 cm³/mol. The fourth-order valence-corrected chi connectivity index (χ4v) is 2.90. The van der Waals surface area contributed by atoms with Crippen LogP contribution >= 0.6 is 0 Å². The molecule has 18 heavy (non-hydrogen) atoms. The number of rotatable bonds is 3. The molecule has 0 spiro atoms. The summed E-state index contributed by atoms with van der Waals surface area (Å²) in [6.07, 6.45) is 4.34. The van der Waals surface area contributed by atoms with Gasteiger partial charge in [-0.05, 0) is 44.7 Å². The molecule has 1 amide bonds. The molecule has 1 N–H and O–H groups in total. The molecule has 2 aliphatic rings. The van der Waals surface area contributed by atoms with E-state index in [4.69, 9.17) is 4.74 Å². The van der Waals surface area contributed by atoms with Crippen LogP contribution in [0, 0.1) is 5.92 Å². The summed E-state index contributed by atoms with van der Waals surface area (Å²) in [6, 6.07) is -0.343. The van der Waals surface area contributed by atoms with Crippen LogP contribution in [0.5, 0.6) is 0 Å². The van der Waals surface area contributed by atoms with Gasteiger partial charge in [0.05, 0.1) is 7.11 Å². The number of methoxy groups -OCH3 is 1. The van der Waals surface area contributed by atoms with Crippen LogP contribution in [0.25, 0.3) is 0 Å². The van der Waals surface area contributed by atoms with Crippen molar-refractivity contribution in [3.63, 3.8) is 0 Å². The second-order valence-corrected chi connectivity index (χ2v) is 5.17. The summed E-state index contributed by atoms with van der Waals surface area (Å²) < 4.78 is 4.76. The molecule has 0 radical (unpaired) electrons. The first kappa shape index (κ1) is 13.3. The molecule has 1 unspecified atom stereocenters. The van der Waals surface area contributed by atoms with E-state index in [1.54, 1.807) is 4.90 Å². The second kappa shape index (κ2) is 6.18. The number of nitrogens with zero attached hydrogens (tertiary/aromatic N) is 1. The van der Waals surface area contributed by atoms with Gasteiger partial charge in [-0.15, -0.1) is 0 Å². The number of piperidine rings is 1. The number of carbonyl (C=O) groups excluding carboxylic acids is 2. The fraction of sp³-hybridized carbons (Fsp3) is 0.846. The molecule has 102 valence electrons. The summed E-state index contributed by atoms with van der Waals surface area (Å²) in [7, 11) is 1.39. The normalized spacial score (nSPS) is 25.2. The van der Waals surface area contributed by atoms with Crippen molar-refractivity contribution in [2.45, 2.75) is 38.1 Å². The quantitative estimate of drug-likeness (QED) is 0.747. The van der Waals surface area contributed by atoms with Gasteiger partial charge in [0.2, 0.25) is 5.91 Å². The Morgan fingerprint density at radius 1 is 1.28 bits per heavy atom. The maximum Gasteiger partial charge on any atom is 0.328 e. The van der Waals surface area contributed by atoms with E-state index in [1.165, 1.54) is 7.11 Å². The Hall–Kier alpha value is -1.10. The molecule has 1 atom stereocenters. The SMILES string of the molecule is COC(=O)C1CCCN1C(=O)CC1CCNCC1. The summed E-state index contributed by atoms with van der Waals surface area (Å²) in [6.45, 7) is 2.69. The van der Waals surface area contributed by atoms with Crippen molar-refractivity contribution >= 4 is 11.9 Å². The molecule has 0 saturated carbocycles. The topological polar surface area (TPSA) is 58.6 Å². The van der Waals surface area contributed by atoms with Gasteiger partial charge < -0.3 is 15.0 Å². The van der Waals surface area contributed by atoms with Gasteiger partial charge in [-0.25, -0.2) is 4.79 Å². The van der Waals surface area contributed by atoms with E-state index in [-0.39, 0.29) is 17.9 Å². The van der Waals surface area contributed by atoms with Crippen LogP contribution in [0.1, 0.15) is 32.1 Å². The van der Waals surface area contributed by atoms with E-state index < -0.39 is 0 Å². The zero-order chi connectivity index (χ0) is 13.0. The number of carbonyl (C=O) groups is 2. The number of likely N-dealkylation sites (tertiary alicyclic amines) is 1. The molecule has 5 heteroatoms. The minimum atomic E-state index is -0.343. The summed E-state index contributed by atoms with van der Waals surface area (Å²) in [4.78, 5) is 25.6. The molecule has 0 aromatic carbocycles. The molecule has 0 bridgehead atoms. The van der Waals surface area contributed by atoms with Gasteiger partial charge in [-0.1, -0.05) is 0 Å². The Kier molecular flexibility index (Phi) is 4.58. The first-order chi connectivity index (χ1) is 8.72. The summed E-state index contributed by atoms with van der Waals surface area (Å²) in [5.74, 6) is 0.318. The summed E-state index contributed by atoms with van der Waals surface area (Å²) in [5.41, 5.74) is 0. The number of esters is 1. The van der Waals surface area contributed by atoms with Crippen LogP contribution < -0.4 is 5.32 Å². The Labute approximate surface area is 108 Å². The van der Waals surface area contributed by atoms with Gasteiger partial charge in [-0.2, -0.15) is 0 Å². The lowest BCUT2D eigenvalue weighted by Gasteiger charge is -2.27. The van der Waals surface area contributed by atoms with Crippen molar-refractivity contribution in [2.24, 2.45) is 5.92 Å². The lowest BCUT2D eigenvalue weighted by atomic mass is 9.94. The second-order valence-electron chi connectivity index (χ2n) is 5.17. The van der Waals surface area contributed by atoms with Crippen molar-refractivity contribution in [1.29, 1.82) is 0 Å². The first-order valence-corrected chi connectivity index (χ1v) is 6.80. The standard InChI is InChI=1S/C13H22N2O3/c1-18-13(17)11-3-2-8-15(11)12(16)9-10-4-6-14-7-5-10/h10-11,14H,2-9H2,1H3. The van der Waals surface area contributed by atoms with Gasteiger partial charge >= 0.3 is 5.97 Å². The molecule has 2 fully saturated rings. The number of hydrogen-bond donors (Lipinski definition) is 1. The van der Waals surface area contributed by atoms with E-state index in [1.807, 2.05) is 0 Å². The van der Waals surface area contributed by atoms with Crippen LogP contribution in [0.3, 0.4) is 0 Å². The Morgan fingerprint density at radius 2 is 2.00 bits per heavy atom. The number of amides is 1. The van der Waals surface area contributed by atoms with Gasteiger partial charge in [0.1, 0.15) is 6.04 Å². The predicted octanol–water partition coefficient (Wildman–Crippen LogP) is 0.540. The van der Waals surface area contributed by atoms with Crippen LogP contribution in [-0.4, -0.2) is 49.6 Å². The molecule has 2 saturated heterocycles. The van der Waals surface area contributed by atoms with E-state index in [0.717, 1.165) is 38.8 Å². The minimum Gasteiger partial charge on any atom is -0.467 e. The lowest BCUT2D eigenvalue weighted by Crippen LogP contribution is -2.42. The molecule has 5 nitrogen and oxygen atoms in total. The molecule has 0 aromatic rings. The van der Waals surface area contributed by atoms with Crippen molar-refractivity contribution in [2.75, 3.05) is 26.7 Å². The van der Waals surface area contributed by atoms with Gasteiger partial charge in [0.25, 0.3) is 0 Å². The highest BCUT2D eigenvalue weighted by molar-refractivity contribution is 5.85. The zero-order valence-electron chi connectivity index (χ0n) is 11.0. The van der Waals surface area contributed by atoms with Crippen LogP contribution in [0.15, 0.2) is 0 Å². The van der Waals surface area contributed by atoms with Gasteiger partial charge in [-0.3, -0.25) is 4.79 Å². The van der Waals surface area contributed by atoms with Crippen molar-refractivity contribution < 1.29 is 14.3 Å². The van der Waals surface area contributed by atoms with E-state index in [0.29, 0.717) is 18.9 Å². The maximum atomic E-state index is 12.2. The number of hydrogen-bond acceptors (Lipinski definition) is 4. The van der Waals surface area contributed by atoms with E-state index >= 15 is 0 Å². The smallest absolute Gasteiger partial charge is 0.328 e. The number of ether oxygens (including phenoxy) is 1. The Bertz CT molecular complexity index is 313. The average Bonchev–Trinajstić information content (AvgIpc) is 2.88. The minimum absolute atomic E-state index is 0.120. The maximum absolute atomic E-state index is 12.2. The highest BCUT2D eigenvalue weighted by Gasteiger charge is 2.35. The molecule has 2 aliphatic heterocycles. The van der Waals surface area contributed by atoms with Crippen molar-refractivity contribution in [3.8, 4) is 0 Å². The monoisotopic (exact) mass is 254 g/mol. The fourth-order valence-electron chi connectivity index (χ4n) is 2.90. The van der Waals surface area contributed by atoms with E-state index in [2.05, 4.69) is 5.32 Å². The third-order valence-electron chi connectivity index (χ3n) is 3.97. The molecule has 0 aromatic heterocycles. The van der Waals surface area contributed by atoms with Crippen LogP contribution in [-0.2, 0) is 14.3 Å². The highest BCUT2D eigenvalue weighted by Crippen LogP contribution is 2.23. The van der Waals surface area contributed by atoms with Crippen molar-refractivity contribution in [3.05, 3.63) is 0 Å². The van der Waals surface area contributed by atoms with Crippen LogP contribution in [0.4, 0.5) is 0 Å². The molecule has 2 rings (SSSR count). The molecule has 0 aliphatic carbocycles. The Morgan fingerprint density at radius 3 is 2.67 bits per heavy atom. The highest BCUT2D eigenvalue weighted by atomic mass is 16.5.